The Hall–Kier alpha value is -0.240. The predicted molar refractivity (Wildman–Crippen MR) is 79.5 cm³/mol. The van der Waals surface area contributed by atoms with Gasteiger partial charge in [-0.2, -0.15) is 0 Å². The molecular formula is C15H28OS. The van der Waals surface area contributed by atoms with Crippen LogP contribution in [0.3, 0.4) is 0 Å². The molecule has 17 heavy (non-hydrogen) atoms. The zero-order valence-corrected chi connectivity index (χ0v) is 12.8. The van der Waals surface area contributed by atoms with Crippen LogP contribution in [-0.4, -0.2) is 9.86 Å². The lowest BCUT2D eigenvalue weighted by atomic mass is 9.99. The Kier molecular flexibility index (Phi) is 8.67. The Labute approximate surface area is 111 Å². The van der Waals surface area contributed by atoms with Crippen LogP contribution in [0, 0.1) is 0 Å². The van der Waals surface area contributed by atoms with Gasteiger partial charge in [0.1, 0.15) is 0 Å². The largest absolute Gasteiger partial charge is 0.282 e. The quantitative estimate of drug-likeness (QED) is 0.408. The highest BCUT2D eigenvalue weighted by Gasteiger charge is 2.26. The molecule has 0 N–H and O–H groups in total. The monoisotopic (exact) mass is 256 g/mol. The minimum Gasteiger partial charge on any atom is -0.282 e. The lowest BCUT2D eigenvalue weighted by Crippen LogP contribution is -2.21. The first-order valence-electron chi connectivity index (χ1n) is 6.84. The first-order chi connectivity index (χ1) is 7.95. The molecule has 1 nitrogen and oxygen atoms in total. The molecule has 0 bridgehead atoms. The Bertz CT molecular complexity index is 247. The molecule has 0 aromatic rings. The number of thioether (sulfide) groups is 1. The highest BCUT2D eigenvalue weighted by Crippen LogP contribution is 2.35. The van der Waals surface area contributed by atoms with Gasteiger partial charge in [0.05, 0.1) is 0 Å². The van der Waals surface area contributed by atoms with Crippen LogP contribution in [0.15, 0.2) is 12.2 Å². The maximum absolute atomic E-state index is 11.7. The van der Waals surface area contributed by atoms with Crippen LogP contribution in [0.4, 0.5) is 0 Å². The number of carbonyl (C=O) groups excluding carboxylic acids is 1. The van der Waals surface area contributed by atoms with E-state index in [1.807, 2.05) is 0 Å². The maximum atomic E-state index is 11.7. The lowest BCUT2D eigenvalue weighted by Gasteiger charge is -2.26. The van der Waals surface area contributed by atoms with Crippen molar-refractivity contribution in [1.82, 2.24) is 0 Å². The summed E-state index contributed by atoms with van der Waals surface area (Å²) in [6, 6.07) is 0. The molecule has 0 amide bonds. The van der Waals surface area contributed by atoms with E-state index in [9.17, 15) is 4.79 Å². The van der Waals surface area contributed by atoms with Gasteiger partial charge in [-0.25, -0.2) is 0 Å². The summed E-state index contributed by atoms with van der Waals surface area (Å²) in [5.41, 5.74) is 0.667. The highest BCUT2D eigenvalue weighted by molar-refractivity contribution is 8.15. The molecule has 100 valence electrons. The molecule has 0 saturated heterocycles. The average molecular weight is 256 g/mol. The van der Waals surface area contributed by atoms with E-state index < -0.39 is 0 Å². The summed E-state index contributed by atoms with van der Waals surface area (Å²) in [6.45, 7) is 12.1. The fourth-order valence-corrected chi connectivity index (χ4v) is 2.73. The van der Waals surface area contributed by atoms with E-state index in [1.165, 1.54) is 43.9 Å². The molecule has 0 rings (SSSR count). The van der Waals surface area contributed by atoms with Gasteiger partial charge in [-0.3, -0.25) is 4.79 Å². The third kappa shape index (κ3) is 7.64. The van der Waals surface area contributed by atoms with Crippen LogP contribution in [-0.2, 0) is 4.79 Å². The lowest BCUT2D eigenvalue weighted by molar-refractivity contribution is -0.107. The van der Waals surface area contributed by atoms with E-state index in [0.717, 1.165) is 12.8 Å². The molecule has 0 radical (unpaired) electrons. The summed E-state index contributed by atoms with van der Waals surface area (Å²) in [5, 5.41) is 0.155. The first-order valence-corrected chi connectivity index (χ1v) is 7.65. The second kappa shape index (κ2) is 8.79. The zero-order chi connectivity index (χ0) is 13.3. The zero-order valence-electron chi connectivity index (χ0n) is 12.0. The minimum atomic E-state index is 0.0995. The van der Waals surface area contributed by atoms with Crippen LogP contribution in [0.1, 0.15) is 72.6 Å². The van der Waals surface area contributed by atoms with E-state index >= 15 is 0 Å². The van der Waals surface area contributed by atoms with E-state index in [0.29, 0.717) is 5.57 Å². The standard InChI is InChI=1S/C15H28OS/c1-6-8-9-10-11-12-15(5,7-2)17-14(16)13(3)4/h3,6-12H2,1-2,4-5H3. The van der Waals surface area contributed by atoms with Crippen molar-refractivity contribution >= 4 is 16.9 Å². The molecule has 0 aliphatic rings. The van der Waals surface area contributed by atoms with Crippen LogP contribution in [0.5, 0.6) is 0 Å². The van der Waals surface area contributed by atoms with Crippen molar-refractivity contribution in [1.29, 1.82) is 0 Å². The molecule has 0 saturated carbocycles. The van der Waals surface area contributed by atoms with Gasteiger partial charge in [0, 0.05) is 4.75 Å². The van der Waals surface area contributed by atoms with Crippen LogP contribution in [0.2, 0.25) is 0 Å². The van der Waals surface area contributed by atoms with Crippen molar-refractivity contribution in [2.45, 2.75) is 77.4 Å². The number of hydrogen-bond acceptors (Lipinski definition) is 2. The van der Waals surface area contributed by atoms with Crippen molar-refractivity contribution in [3.05, 3.63) is 12.2 Å². The minimum absolute atomic E-state index is 0.0995. The molecule has 0 spiro atoms. The number of hydrogen-bond donors (Lipinski definition) is 0. The third-order valence-electron chi connectivity index (χ3n) is 3.24. The second-order valence-electron chi connectivity index (χ2n) is 5.14. The molecular weight excluding hydrogens is 228 g/mol. The van der Waals surface area contributed by atoms with E-state index in [2.05, 4.69) is 27.4 Å². The van der Waals surface area contributed by atoms with E-state index in [-0.39, 0.29) is 9.86 Å². The number of rotatable bonds is 9. The van der Waals surface area contributed by atoms with Gasteiger partial charge in [-0.05, 0) is 32.3 Å². The van der Waals surface area contributed by atoms with Gasteiger partial charge >= 0.3 is 0 Å². The van der Waals surface area contributed by atoms with Gasteiger partial charge in [0.25, 0.3) is 0 Å². The summed E-state index contributed by atoms with van der Waals surface area (Å²) >= 11 is 1.48. The second-order valence-corrected chi connectivity index (χ2v) is 6.70. The molecule has 0 aromatic carbocycles. The van der Waals surface area contributed by atoms with Crippen LogP contribution >= 0.6 is 11.8 Å². The summed E-state index contributed by atoms with van der Waals surface area (Å²) in [4.78, 5) is 11.7. The number of unbranched alkanes of at least 4 members (excludes halogenated alkanes) is 4. The summed E-state index contributed by atoms with van der Waals surface area (Å²) in [5.74, 6) is 0. The molecule has 0 heterocycles. The van der Waals surface area contributed by atoms with Crippen molar-refractivity contribution < 1.29 is 4.79 Å². The molecule has 0 aliphatic carbocycles. The fourth-order valence-electron chi connectivity index (χ4n) is 1.71. The molecule has 2 heteroatoms. The fraction of sp³-hybridized carbons (Fsp3) is 0.800. The Morgan fingerprint density at radius 2 is 1.76 bits per heavy atom. The van der Waals surface area contributed by atoms with Gasteiger partial charge in [-0.1, -0.05) is 64.3 Å². The van der Waals surface area contributed by atoms with Gasteiger partial charge < -0.3 is 0 Å². The topological polar surface area (TPSA) is 17.1 Å². The Morgan fingerprint density at radius 1 is 1.18 bits per heavy atom. The third-order valence-corrected chi connectivity index (χ3v) is 4.76. The van der Waals surface area contributed by atoms with E-state index in [4.69, 9.17) is 0 Å². The molecule has 1 unspecified atom stereocenters. The number of carbonyl (C=O) groups is 1. The average Bonchev–Trinajstić information content (AvgIpc) is 2.28. The summed E-state index contributed by atoms with van der Waals surface area (Å²) in [7, 11) is 0. The van der Waals surface area contributed by atoms with Crippen LogP contribution in [0.25, 0.3) is 0 Å². The first kappa shape index (κ1) is 16.8. The SMILES string of the molecule is C=C(C)C(=O)SC(C)(CC)CCCCCCC. The van der Waals surface area contributed by atoms with Gasteiger partial charge in [0.15, 0.2) is 0 Å². The molecule has 0 aliphatic heterocycles. The van der Waals surface area contributed by atoms with E-state index in [1.54, 1.807) is 6.92 Å². The molecule has 1 atom stereocenters. The van der Waals surface area contributed by atoms with Crippen LogP contribution < -0.4 is 0 Å². The Morgan fingerprint density at radius 3 is 2.24 bits per heavy atom. The normalized spacial score (nSPS) is 14.4. The van der Waals surface area contributed by atoms with Crippen molar-refractivity contribution in [2.75, 3.05) is 0 Å². The Balaban J connectivity index is 4.01. The predicted octanol–water partition coefficient (Wildman–Crippen LogP) is 5.35. The molecule has 0 aromatic heterocycles. The van der Waals surface area contributed by atoms with Crippen molar-refractivity contribution in [2.24, 2.45) is 0 Å². The maximum Gasteiger partial charge on any atom is 0.214 e. The highest BCUT2D eigenvalue weighted by atomic mass is 32.2. The smallest absolute Gasteiger partial charge is 0.214 e. The van der Waals surface area contributed by atoms with Gasteiger partial charge in [-0.15, -0.1) is 0 Å². The van der Waals surface area contributed by atoms with Crippen molar-refractivity contribution in [3.8, 4) is 0 Å². The summed E-state index contributed by atoms with van der Waals surface area (Å²) < 4.78 is 0.0995. The summed E-state index contributed by atoms with van der Waals surface area (Å²) in [6.07, 6.45) is 8.66. The molecule has 0 fully saturated rings. The van der Waals surface area contributed by atoms with Gasteiger partial charge in [0.2, 0.25) is 5.12 Å². The van der Waals surface area contributed by atoms with Crippen molar-refractivity contribution in [3.63, 3.8) is 0 Å².